The van der Waals surface area contributed by atoms with Gasteiger partial charge < -0.3 is 0 Å². The second-order valence-corrected chi connectivity index (χ2v) is 8.15. The van der Waals surface area contributed by atoms with Crippen LogP contribution in [0, 0.1) is 0 Å². The van der Waals surface area contributed by atoms with Crippen LogP contribution in [0.3, 0.4) is 0 Å². The van der Waals surface area contributed by atoms with Crippen LogP contribution < -0.4 is 4.46 Å². The van der Waals surface area contributed by atoms with Crippen molar-refractivity contribution in [2.24, 2.45) is 0 Å². The maximum atomic E-state index is 2.26. The summed E-state index contributed by atoms with van der Waals surface area (Å²) in [5.41, 5.74) is 1.45. The molecule has 0 spiro atoms. The first-order valence-corrected chi connectivity index (χ1v) is 9.57. The van der Waals surface area contributed by atoms with Gasteiger partial charge >= 0.3 is 119 Å². The predicted octanol–water partition coefficient (Wildman–Crippen LogP) is 2.79. The van der Waals surface area contributed by atoms with Gasteiger partial charge in [0.2, 0.25) is 0 Å². The topological polar surface area (TPSA) is 3.24 Å². The average Bonchev–Trinajstić information content (AvgIpc) is 2.38. The Hall–Kier alpha value is -0.731. The molecule has 0 heterocycles. The molecule has 0 unspecified atom stereocenters. The molecule has 0 aromatic heterocycles. The van der Waals surface area contributed by atoms with Crippen LogP contribution in [0.15, 0.2) is 59.5 Å². The van der Waals surface area contributed by atoms with Gasteiger partial charge in [-0.15, -0.1) is 0 Å². The van der Waals surface area contributed by atoms with Crippen LogP contribution in [-0.2, 0) is 6.54 Å². The molecule has 1 nitrogen and oxygen atoms in total. The first-order chi connectivity index (χ1) is 8.75. The van der Waals surface area contributed by atoms with Gasteiger partial charge in [-0.05, 0) is 0 Å². The van der Waals surface area contributed by atoms with Crippen molar-refractivity contribution in [2.45, 2.75) is 11.4 Å². The minimum absolute atomic E-state index is 0.438. The van der Waals surface area contributed by atoms with E-state index in [4.69, 9.17) is 0 Å². The fraction of sp³-hybridized carbons (Fsp3) is 0.200. The van der Waals surface area contributed by atoms with Crippen LogP contribution in [0.2, 0.25) is 0 Å². The van der Waals surface area contributed by atoms with E-state index < -0.39 is 0 Å². The Morgan fingerprint density at radius 1 is 0.944 bits per heavy atom. The molecule has 0 aliphatic carbocycles. The SMILES string of the molecule is CN(C)Cc1ccccc1[Se]Sc1ccccc1. The molecule has 0 bridgehead atoms. The number of benzene rings is 2. The van der Waals surface area contributed by atoms with Crippen LogP contribution in [-0.4, -0.2) is 32.8 Å². The third-order valence-electron chi connectivity index (χ3n) is 2.43. The monoisotopic (exact) mass is 323 g/mol. The van der Waals surface area contributed by atoms with Crippen LogP contribution in [0.25, 0.3) is 0 Å². The molecule has 0 atom stereocenters. The molecular weight excluding hydrogens is 305 g/mol. The van der Waals surface area contributed by atoms with E-state index in [0.717, 1.165) is 6.54 Å². The van der Waals surface area contributed by atoms with Crippen molar-refractivity contribution < 1.29 is 0 Å². The van der Waals surface area contributed by atoms with Crippen LogP contribution in [0.5, 0.6) is 0 Å². The number of hydrogen-bond donors (Lipinski definition) is 0. The minimum atomic E-state index is 0.438. The van der Waals surface area contributed by atoms with E-state index in [-0.39, 0.29) is 0 Å². The summed E-state index contributed by atoms with van der Waals surface area (Å²) >= 11 is 0.438. The molecule has 0 fully saturated rings. The molecule has 0 aliphatic rings. The molecule has 94 valence electrons. The number of rotatable bonds is 5. The molecule has 0 saturated heterocycles. The third-order valence-corrected chi connectivity index (χ3v) is 6.86. The zero-order valence-electron chi connectivity index (χ0n) is 10.7. The fourth-order valence-electron chi connectivity index (χ4n) is 1.63. The van der Waals surface area contributed by atoms with Crippen molar-refractivity contribution in [2.75, 3.05) is 14.1 Å². The maximum absolute atomic E-state index is 2.26. The van der Waals surface area contributed by atoms with E-state index in [1.807, 2.05) is 10.2 Å². The summed E-state index contributed by atoms with van der Waals surface area (Å²) in [6.07, 6.45) is 0. The molecule has 0 saturated carbocycles. The van der Waals surface area contributed by atoms with Crippen molar-refractivity contribution >= 4 is 28.5 Å². The zero-order chi connectivity index (χ0) is 12.8. The second-order valence-electron chi connectivity index (χ2n) is 4.33. The molecule has 2 aromatic carbocycles. The van der Waals surface area contributed by atoms with Gasteiger partial charge in [0.15, 0.2) is 0 Å². The molecule has 2 aromatic rings. The Morgan fingerprint density at radius 3 is 2.33 bits per heavy atom. The standard InChI is InChI=1S/C15H17NSSe/c1-16(2)12-13-8-6-7-11-15(13)18-17-14-9-4-3-5-10-14/h3-11H,12H2,1-2H3. The predicted molar refractivity (Wildman–Crippen MR) is 81.5 cm³/mol. The molecule has 0 amide bonds. The molecule has 3 heteroatoms. The van der Waals surface area contributed by atoms with Crippen LogP contribution >= 0.6 is 10.2 Å². The van der Waals surface area contributed by atoms with E-state index >= 15 is 0 Å². The second kappa shape index (κ2) is 7.01. The summed E-state index contributed by atoms with van der Waals surface area (Å²) < 4.78 is 1.49. The summed E-state index contributed by atoms with van der Waals surface area (Å²) in [4.78, 5) is 3.58. The average molecular weight is 322 g/mol. The number of hydrogen-bond acceptors (Lipinski definition) is 2. The third kappa shape index (κ3) is 4.18. The van der Waals surface area contributed by atoms with E-state index in [9.17, 15) is 0 Å². The van der Waals surface area contributed by atoms with Crippen LogP contribution in [0.4, 0.5) is 0 Å². The summed E-state index contributed by atoms with van der Waals surface area (Å²) in [7, 11) is 6.20. The molecule has 0 radical (unpaired) electrons. The molecule has 0 aliphatic heterocycles. The van der Waals surface area contributed by atoms with Crippen molar-refractivity contribution in [1.82, 2.24) is 4.90 Å². The first-order valence-electron chi connectivity index (χ1n) is 5.88. The fourth-order valence-corrected chi connectivity index (χ4v) is 5.58. The van der Waals surface area contributed by atoms with Crippen LogP contribution in [0.1, 0.15) is 5.56 Å². The summed E-state index contributed by atoms with van der Waals surface area (Å²) in [6, 6.07) is 19.4. The quantitative estimate of drug-likeness (QED) is 0.779. The van der Waals surface area contributed by atoms with Crippen molar-refractivity contribution in [1.29, 1.82) is 0 Å². The van der Waals surface area contributed by atoms with Gasteiger partial charge in [0.1, 0.15) is 0 Å². The normalized spacial score (nSPS) is 10.8. The van der Waals surface area contributed by atoms with Gasteiger partial charge in [0.25, 0.3) is 0 Å². The van der Waals surface area contributed by atoms with E-state index in [0.29, 0.717) is 13.8 Å². The summed E-state index contributed by atoms with van der Waals surface area (Å²) in [5.74, 6) is 0. The Kier molecular flexibility index (Phi) is 5.33. The molecule has 18 heavy (non-hydrogen) atoms. The van der Waals surface area contributed by atoms with Gasteiger partial charge in [0.05, 0.1) is 0 Å². The van der Waals surface area contributed by atoms with Gasteiger partial charge in [0, 0.05) is 0 Å². The Labute approximate surface area is 119 Å². The van der Waals surface area contributed by atoms with E-state index in [1.54, 1.807) is 0 Å². The molecular formula is C15H17NSSe. The first kappa shape index (κ1) is 13.7. The molecule has 0 N–H and O–H groups in total. The molecule has 2 rings (SSSR count). The number of nitrogens with zero attached hydrogens (tertiary/aromatic N) is 1. The van der Waals surface area contributed by atoms with Gasteiger partial charge in [-0.25, -0.2) is 0 Å². The van der Waals surface area contributed by atoms with Crippen molar-refractivity contribution in [3.8, 4) is 0 Å². The Balaban J connectivity index is 2.05. The Morgan fingerprint density at radius 2 is 1.61 bits per heavy atom. The van der Waals surface area contributed by atoms with Gasteiger partial charge in [-0.3, -0.25) is 0 Å². The summed E-state index contributed by atoms with van der Waals surface area (Å²) in [5, 5.41) is 0. The van der Waals surface area contributed by atoms with Crippen molar-refractivity contribution in [3.05, 3.63) is 60.2 Å². The van der Waals surface area contributed by atoms with Gasteiger partial charge in [-0.1, -0.05) is 0 Å². The Bertz CT molecular complexity index is 485. The van der Waals surface area contributed by atoms with Crippen molar-refractivity contribution in [3.63, 3.8) is 0 Å². The zero-order valence-corrected chi connectivity index (χ0v) is 13.2. The van der Waals surface area contributed by atoms with Gasteiger partial charge in [-0.2, -0.15) is 0 Å². The van der Waals surface area contributed by atoms with E-state index in [1.165, 1.54) is 14.9 Å². The summed E-state index contributed by atoms with van der Waals surface area (Å²) in [6.45, 7) is 1.02. The van der Waals surface area contributed by atoms with E-state index in [2.05, 4.69) is 73.6 Å².